The van der Waals surface area contributed by atoms with Crippen LogP contribution < -0.4 is 5.32 Å². The van der Waals surface area contributed by atoms with Crippen molar-refractivity contribution in [1.29, 1.82) is 0 Å². The molecule has 0 radical (unpaired) electrons. The van der Waals surface area contributed by atoms with Gasteiger partial charge in [-0.1, -0.05) is 24.3 Å². The van der Waals surface area contributed by atoms with Gasteiger partial charge in [-0.3, -0.25) is 0 Å². The molecule has 0 saturated carbocycles. The molecule has 1 rings (SSSR count). The average Bonchev–Trinajstić information content (AvgIpc) is 2.27. The van der Waals surface area contributed by atoms with Gasteiger partial charge < -0.3 is 15.5 Å². The van der Waals surface area contributed by atoms with Crippen molar-refractivity contribution in [3.8, 4) is 0 Å². The van der Waals surface area contributed by atoms with Crippen LogP contribution >= 0.6 is 25.3 Å². The van der Waals surface area contributed by atoms with Gasteiger partial charge in [-0.05, 0) is 18.1 Å². The zero-order valence-corrected chi connectivity index (χ0v) is 11.3. The molecule has 0 unspecified atom stereocenters. The summed E-state index contributed by atoms with van der Waals surface area (Å²) in [5.74, 6) is 0. The van der Waals surface area contributed by atoms with Gasteiger partial charge in [-0.15, -0.1) is 0 Å². The predicted octanol–water partition coefficient (Wildman–Crippen LogP) is 2.31. The quantitative estimate of drug-likeness (QED) is 0.434. The number of carboxylic acid groups (broad SMARTS) is 1. The second-order valence-corrected chi connectivity index (χ2v) is 4.49. The number of hydrogen-bond donors (Lipinski definition) is 5. The molecule has 6 heteroatoms. The number of aliphatic hydroxyl groups excluding tert-OH is 1. The lowest BCUT2D eigenvalue weighted by atomic mass is 10.1. The summed E-state index contributed by atoms with van der Waals surface area (Å²) >= 11 is 8.38. The number of nitrogens with one attached hydrogen (secondary N) is 1. The maximum absolute atomic E-state index is 10.3. The second kappa shape index (κ2) is 9.21. The first kappa shape index (κ1) is 16.1. The lowest BCUT2D eigenvalue weighted by Gasteiger charge is -2.10. The normalized spacial score (nSPS) is 9.47. The third-order valence-electron chi connectivity index (χ3n) is 1.76. The average molecular weight is 275 g/mol. The highest BCUT2D eigenvalue weighted by Crippen LogP contribution is 2.26. The topological polar surface area (TPSA) is 69.6 Å². The highest BCUT2D eigenvalue weighted by molar-refractivity contribution is 7.98. The van der Waals surface area contributed by atoms with Gasteiger partial charge >= 0.3 is 6.09 Å². The fourth-order valence-corrected chi connectivity index (χ4v) is 1.62. The molecule has 0 aromatic heterocycles. The van der Waals surface area contributed by atoms with Crippen molar-refractivity contribution in [3.05, 3.63) is 35.4 Å². The van der Waals surface area contributed by atoms with Gasteiger partial charge in [0.25, 0.3) is 0 Å². The van der Waals surface area contributed by atoms with Crippen LogP contribution in [-0.2, 0) is 6.54 Å². The van der Waals surface area contributed by atoms with Gasteiger partial charge in [0.15, 0.2) is 0 Å². The van der Waals surface area contributed by atoms with E-state index in [1.807, 2.05) is 24.3 Å². The Bertz CT molecular complexity index is 345. The zero-order chi connectivity index (χ0) is 13.3. The Hall–Kier alpha value is -0.850. The highest BCUT2D eigenvalue weighted by Gasteiger charge is 2.07. The number of hydrogen-bond acceptors (Lipinski definition) is 4. The minimum Gasteiger partial charge on any atom is -0.465 e. The van der Waals surface area contributed by atoms with Crippen LogP contribution in [0.15, 0.2) is 24.3 Å². The van der Waals surface area contributed by atoms with Crippen molar-refractivity contribution >= 4 is 31.4 Å². The molecule has 0 aliphatic heterocycles. The Morgan fingerprint density at radius 1 is 1.41 bits per heavy atom. The molecule has 3 N–H and O–H groups in total. The summed E-state index contributed by atoms with van der Waals surface area (Å²) in [6.45, 7) is 2.21. The van der Waals surface area contributed by atoms with Crippen molar-refractivity contribution in [2.24, 2.45) is 0 Å². The summed E-state index contributed by atoms with van der Waals surface area (Å²) in [6.07, 6.45) is -1.03. The molecule has 96 valence electrons. The summed E-state index contributed by atoms with van der Waals surface area (Å²) in [6, 6.07) is 7.46. The monoisotopic (exact) mass is 275 g/mol. The van der Waals surface area contributed by atoms with Crippen molar-refractivity contribution in [1.82, 2.24) is 5.32 Å². The van der Waals surface area contributed by atoms with Crippen molar-refractivity contribution in [3.63, 3.8) is 0 Å². The van der Waals surface area contributed by atoms with Crippen LogP contribution in [0.25, 0.3) is 0 Å². The Morgan fingerprint density at radius 3 is 2.41 bits per heavy atom. The molecule has 0 aliphatic carbocycles. The fourth-order valence-electron chi connectivity index (χ4n) is 1.12. The second-order valence-electron chi connectivity index (χ2n) is 3.05. The summed E-state index contributed by atoms with van der Waals surface area (Å²) in [5.41, 5.74) is 1.82. The molecule has 0 heterocycles. The summed E-state index contributed by atoms with van der Waals surface area (Å²) in [7, 11) is 0. The number of carbonyl (C=O) groups is 1. The Balaban J connectivity index is 0.000000770. The summed E-state index contributed by atoms with van der Waals surface area (Å²) in [4.78, 5) is 10.3. The van der Waals surface area contributed by atoms with Crippen LogP contribution in [0, 0.1) is 0 Å². The van der Waals surface area contributed by atoms with Gasteiger partial charge in [-0.2, -0.15) is 25.3 Å². The van der Waals surface area contributed by atoms with E-state index in [0.29, 0.717) is 0 Å². The van der Waals surface area contributed by atoms with Gasteiger partial charge in [0.1, 0.15) is 0 Å². The Morgan fingerprint density at radius 2 is 1.94 bits per heavy atom. The lowest BCUT2D eigenvalue weighted by molar-refractivity contribution is 0.194. The van der Waals surface area contributed by atoms with Crippen LogP contribution in [-0.4, -0.2) is 22.9 Å². The third-order valence-corrected chi connectivity index (χ3v) is 2.32. The molecule has 0 bridgehead atoms. The molecule has 0 fully saturated rings. The van der Waals surface area contributed by atoms with Crippen LogP contribution in [0.3, 0.4) is 0 Å². The number of thiol groups is 2. The molecular formula is C11H17NO3S2. The number of rotatable bonds is 3. The molecule has 1 aromatic rings. The molecule has 4 nitrogen and oxygen atoms in total. The van der Waals surface area contributed by atoms with E-state index in [4.69, 9.17) is 10.2 Å². The molecule has 1 amide bonds. The standard InChI is InChI=1S/C9H11NO2S2.C2H6O/c11-9(12)10-5-6-3-1-2-4-7(6)8(13)14;1-2-3/h1-4,8,10,13-14H,5H2,(H,11,12);3H,2H2,1H3. The molecule has 0 atom stereocenters. The first-order valence-electron chi connectivity index (χ1n) is 5.04. The van der Waals surface area contributed by atoms with E-state index in [1.165, 1.54) is 0 Å². The van der Waals surface area contributed by atoms with Crippen molar-refractivity contribution in [2.75, 3.05) is 6.61 Å². The maximum Gasteiger partial charge on any atom is 0.404 e. The van der Waals surface area contributed by atoms with Crippen LogP contribution in [0.1, 0.15) is 22.6 Å². The van der Waals surface area contributed by atoms with Crippen LogP contribution in [0.4, 0.5) is 4.79 Å². The van der Waals surface area contributed by atoms with E-state index in [1.54, 1.807) is 6.92 Å². The van der Waals surface area contributed by atoms with E-state index >= 15 is 0 Å². The van der Waals surface area contributed by atoms with E-state index in [0.717, 1.165) is 11.1 Å². The smallest absolute Gasteiger partial charge is 0.404 e. The number of amides is 1. The Kier molecular flexibility index (Phi) is 8.75. The van der Waals surface area contributed by atoms with Gasteiger partial charge in [-0.25, -0.2) is 4.79 Å². The fraction of sp³-hybridized carbons (Fsp3) is 0.364. The van der Waals surface area contributed by atoms with Crippen LogP contribution in [0.5, 0.6) is 0 Å². The van der Waals surface area contributed by atoms with Gasteiger partial charge in [0.2, 0.25) is 0 Å². The SMILES string of the molecule is CCO.O=C(O)NCc1ccccc1C(S)S. The molecule has 0 spiro atoms. The van der Waals surface area contributed by atoms with Crippen molar-refractivity contribution < 1.29 is 15.0 Å². The highest BCUT2D eigenvalue weighted by atomic mass is 32.2. The zero-order valence-electron chi connectivity index (χ0n) is 9.50. The minimum atomic E-state index is -1.03. The lowest BCUT2D eigenvalue weighted by Crippen LogP contribution is -2.20. The molecule has 17 heavy (non-hydrogen) atoms. The van der Waals surface area contributed by atoms with E-state index in [9.17, 15) is 4.79 Å². The number of aliphatic hydroxyl groups is 1. The van der Waals surface area contributed by atoms with Crippen LogP contribution in [0.2, 0.25) is 0 Å². The van der Waals surface area contributed by atoms with Gasteiger partial charge in [0, 0.05) is 13.2 Å². The van der Waals surface area contributed by atoms with Gasteiger partial charge in [0.05, 0.1) is 4.58 Å². The summed E-state index contributed by atoms with van der Waals surface area (Å²) in [5, 5.41) is 18.3. The predicted molar refractivity (Wildman–Crippen MR) is 74.8 cm³/mol. The van der Waals surface area contributed by atoms with Crippen molar-refractivity contribution in [2.45, 2.75) is 18.1 Å². The van der Waals surface area contributed by atoms with E-state index in [2.05, 4.69) is 30.6 Å². The third kappa shape index (κ3) is 7.14. The molecule has 1 aromatic carbocycles. The first-order chi connectivity index (χ1) is 8.02. The minimum absolute atomic E-state index is 0.193. The molecular weight excluding hydrogens is 258 g/mol. The Labute approximate surface area is 112 Å². The van der Waals surface area contributed by atoms with E-state index in [-0.39, 0.29) is 17.7 Å². The van der Waals surface area contributed by atoms with E-state index < -0.39 is 6.09 Å². The molecule has 0 aliphatic rings. The number of benzene rings is 1. The largest absolute Gasteiger partial charge is 0.465 e. The maximum atomic E-state index is 10.3. The summed E-state index contributed by atoms with van der Waals surface area (Å²) < 4.78 is -0.193. The first-order valence-corrected chi connectivity index (χ1v) is 6.07. The molecule has 0 saturated heterocycles.